The van der Waals surface area contributed by atoms with Crippen LogP contribution in [0.3, 0.4) is 0 Å². The van der Waals surface area contributed by atoms with E-state index < -0.39 is 5.97 Å². The Morgan fingerprint density at radius 1 is 1.07 bits per heavy atom. The van der Waals surface area contributed by atoms with Crippen LogP contribution >= 0.6 is 22.9 Å². The van der Waals surface area contributed by atoms with Crippen molar-refractivity contribution in [3.63, 3.8) is 0 Å². The number of para-hydroxylation sites is 1. The maximum absolute atomic E-state index is 12.5. The number of nitrogens with two attached hydrogens (primary N) is 1. The predicted octanol–water partition coefficient (Wildman–Crippen LogP) is 4.42. The van der Waals surface area contributed by atoms with Gasteiger partial charge in [-0.25, -0.2) is 4.79 Å². The number of benzene rings is 2. The summed E-state index contributed by atoms with van der Waals surface area (Å²) in [6, 6.07) is 16.9. The molecule has 0 aliphatic rings. The van der Waals surface area contributed by atoms with Gasteiger partial charge in [0.1, 0.15) is 4.88 Å². The Morgan fingerprint density at radius 3 is 2.61 bits per heavy atom. The number of nitrogens with zero attached hydrogens (tertiary/aromatic N) is 3. The number of nitrogen functional groups attached to an aromatic ring is 1. The Kier molecular flexibility index (Phi) is 5.05. The van der Waals surface area contributed by atoms with E-state index >= 15 is 0 Å². The molecule has 0 atom stereocenters. The number of ether oxygens (including phenoxy) is 1. The number of carbonyl (C=O) groups excluding carboxylic acids is 1. The molecule has 9 heteroatoms. The zero-order valence-electron chi connectivity index (χ0n) is 14.4. The minimum absolute atomic E-state index is 0.0272. The number of carbonyl (C=O) groups is 1. The van der Waals surface area contributed by atoms with Crippen LogP contribution in [-0.4, -0.2) is 20.9 Å². The number of esters is 1. The highest BCUT2D eigenvalue weighted by Crippen LogP contribution is 2.35. The summed E-state index contributed by atoms with van der Waals surface area (Å²) in [4.78, 5) is 25.1. The van der Waals surface area contributed by atoms with E-state index in [1.54, 1.807) is 0 Å². The fourth-order valence-electron chi connectivity index (χ4n) is 2.55. The van der Waals surface area contributed by atoms with E-state index in [2.05, 4.69) is 20.3 Å². The van der Waals surface area contributed by atoms with Gasteiger partial charge in [-0.15, -0.1) is 11.3 Å². The zero-order valence-corrected chi connectivity index (χ0v) is 16.0. The highest BCUT2D eigenvalue weighted by Gasteiger charge is 2.19. The molecule has 140 valence electrons. The minimum atomic E-state index is -0.539. The standard InChI is InChI=1S/C19H14ClN5O2S/c20-15-12-8-4-5-9-13(12)28-16(15)17(26)27-10-14-23-18(21)25-19(24-14)22-11-6-2-1-3-7-11/h1-9H,10H2,(H3,21,22,23,24,25). The smallest absolute Gasteiger partial charge is 0.350 e. The lowest BCUT2D eigenvalue weighted by Gasteiger charge is -2.07. The lowest BCUT2D eigenvalue weighted by molar-refractivity contribution is 0.0468. The molecule has 0 radical (unpaired) electrons. The molecule has 0 unspecified atom stereocenters. The average molecular weight is 412 g/mol. The number of anilines is 3. The van der Waals surface area contributed by atoms with Crippen LogP contribution in [0.1, 0.15) is 15.5 Å². The molecule has 28 heavy (non-hydrogen) atoms. The third-order valence-electron chi connectivity index (χ3n) is 3.78. The molecule has 0 saturated heterocycles. The first kappa shape index (κ1) is 18.1. The van der Waals surface area contributed by atoms with Crippen LogP contribution in [-0.2, 0) is 11.3 Å². The van der Waals surface area contributed by atoms with Gasteiger partial charge in [-0.1, -0.05) is 48.0 Å². The quantitative estimate of drug-likeness (QED) is 0.468. The molecule has 7 nitrogen and oxygen atoms in total. The van der Waals surface area contributed by atoms with Crippen LogP contribution < -0.4 is 11.1 Å². The fraction of sp³-hybridized carbons (Fsp3) is 0.0526. The molecule has 4 rings (SSSR count). The molecule has 4 aromatic rings. The van der Waals surface area contributed by atoms with Crippen LogP contribution in [0.15, 0.2) is 54.6 Å². The summed E-state index contributed by atoms with van der Waals surface area (Å²) in [7, 11) is 0. The Hall–Kier alpha value is -3.23. The van der Waals surface area contributed by atoms with Crippen molar-refractivity contribution in [3.05, 3.63) is 70.3 Å². The molecule has 3 N–H and O–H groups in total. The summed E-state index contributed by atoms with van der Waals surface area (Å²) in [5.41, 5.74) is 6.54. The maximum Gasteiger partial charge on any atom is 0.350 e. The minimum Gasteiger partial charge on any atom is -0.453 e. The van der Waals surface area contributed by atoms with Crippen molar-refractivity contribution >= 4 is 56.6 Å². The van der Waals surface area contributed by atoms with Crippen molar-refractivity contribution in [2.24, 2.45) is 0 Å². The van der Waals surface area contributed by atoms with Crippen LogP contribution in [0.25, 0.3) is 10.1 Å². The first-order valence-corrected chi connectivity index (χ1v) is 9.46. The molecule has 0 aliphatic heterocycles. The van der Waals surface area contributed by atoms with Crippen LogP contribution in [0, 0.1) is 0 Å². The second-order valence-corrected chi connectivity index (χ2v) is 7.17. The Balaban J connectivity index is 1.49. The van der Waals surface area contributed by atoms with E-state index in [1.807, 2.05) is 54.6 Å². The van der Waals surface area contributed by atoms with Gasteiger partial charge in [0, 0.05) is 15.8 Å². The second kappa shape index (κ2) is 7.79. The molecule has 0 aliphatic carbocycles. The van der Waals surface area contributed by atoms with Gasteiger partial charge in [-0.05, 0) is 18.2 Å². The summed E-state index contributed by atoms with van der Waals surface area (Å²) in [5.74, 6) is -0.0108. The molecular formula is C19H14ClN5O2S. The Morgan fingerprint density at radius 2 is 1.82 bits per heavy atom. The van der Waals surface area contributed by atoms with Crippen molar-refractivity contribution < 1.29 is 9.53 Å². The zero-order chi connectivity index (χ0) is 19.5. The van der Waals surface area contributed by atoms with Crippen molar-refractivity contribution in [1.29, 1.82) is 0 Å². The largest absolute Gasteiger partial charge is 0.453 e. The van der Waals surface area contributed by atoms with Gasteiger partial charge in [0.25, 0.3) is 0 Å². The van der Waals surface area contributed by atoms with Crippen LogP contribution in [0.2, 0.25) is 5.02 Å². The van der Waals surface area contributed by atoms with Crippen LogP contribution in [0.4, 0.5) is 17.6 Å². The van der Waals surface area contributed by atoms with Gasteiger partial charge >= 0.3 is 5.97 Å². The van der Waals surface area contributed by atoms with E-state index in [0.717, 1.165) is 15.8 Å². The number of fused-ring (bicyclic) bond motifs is 1. The number of nitrogens with one attached hydrogen (secondary N) is 1. The number of hydrogen-bond acceptors (Lipinski definition) is 8. The summed E-state index contributed by atoms with van der Waals surface area (Å²) in [6.45, 7) is -0.153. The molecule has 2 aromatic heterocycles. The lowest BCUT2D eigenvalue weighted by atomic mass is 10.2. The van der Waals surface area contributed by atoms with E-state index in [-0.39, 0.29) is 24.3 Å². The Labute approximate surface area is 169 Å². The van der Waals surface area contributed by atoms with E-state index in [1.165, 1.54) is 11.3 Å². The average Bonchev–Trinajstić information content (AvgIpc) is 3.04. The van der Waals surface area contributed by atoms with Gasteiger partial charge in [0.05, 0.1) is 5.02 Å². The molecule has 0 amide bonds. The molecule has 2 heterocycles. The Bertz CT molecular complexity index is 1150. The first-order valence-electron chi connectivity index (χ1n) is 8.27. The third kappa shape index (κ3) is 3.88. The highest BCUT2D eigenvalue weighted by molar-refractivity contribution is 7.21. The van der Waals surface area contributed by atoms with Crippen molar-refractivity contribution in [3.8, 4) is 0 Å². The fourth-order valence-corrected chi connectivity index (χ4v) is 3.95. The van der Waals surface area contributed by atoms with Gasteiger partial charge in [0.2, 0.25) is 11.9 Å². The van der Waals surface area contributed by atoms with Gasteiger partial charge < -0.3 is 15.8 Å². The number of thiophene rings is 1. The number of rotatable bonds is 5. The molecule has 0 fully saturated rings. The molecular weight excluding hydrogens is 398 g/mol. The van der Waals surface area contributed by atoms with E-state index in [0.29, 0.717) is 9.90 Å². The van der Waals surface area contributed by atoms with Crippen molar-refractivity contribution in [1.82, 2.24) is 15.0 Å². The highest BCUT2D eigenvalue weighted by atomic mass is 35.5. The molecule has 0 bridgehead atoms. The summed E-state index contributed by atoms with van der Waals surface area (Å²) >= 11 is 7.59. The lowest BCUT2D eigenvalue weighted by Crippen LogP contribution is -2.10. The third-order valence-corrected chi connectivity index (χ3v) is 5.44. The second-order valence-electron chi connectivity index (χ2n) is 5.74. The molecule has 2 aromatic carbocycles. The topological polar surface area (TPSA) is 103 Å². The van der Waals surface area contributed by atoms with Gasteiger partial charge in [-0.3, -0.25) is 0 Å². The summed E-state index contributed by atoms with van der Waals surface area (Å²) in [5, 5.41) is 4.23. The maximum atomic E-state index is 12.5. The molecule has 0 spiro atoms. The predicted molar refractivity (Wildman–Crippen MR) is 110 cm³/mol. The number of aromatic nitrogens is 3. The summed E-state index contributed by atoms with van der Waals surface area (Å²) in [6.07, 6.45) is 0. The molecule has 0 saturated carbocycles. The first-order chi connectivity index (χ1) is 13.6. The van der Waals surface area contributed by atoms with Gasteiger partial charge in [0.15, 0.2) is 12.4 Å². The number of halogens is 1. The summed E-state index contributed by atoms with van der Waals surface area (Å²) < 4.78 is 6.25. The van der Waals surface area contributed by atoms with Crippen molar-refractivity contribution in [2.45, 2.75) is 6.61 Å². The van der Waals surface area contributed by atoms with E-state index in [4.69, 9.17) is 22.1 Å². The number of hydrogen-bond donors (Lipinski definition) is 2. The van der Waals surface area contributed by atoms with Crippen LogP contribution in [0.5, 0.6) is 0 Å². The van der Waals surface area contributed by atoms with E-state index in [9.17, 15) is 4.79 Å². The van der Waals surface area contributed by atoms with Crippen molar-refractivity contribution in [2.75, 3.05) is 11.1 Å². The normalized spacial score (nSPS) is 10.8. The monoisotopic (exact) mass is 411 g/mol. The SMILES string of the molecule is Nc1nc(COC(=O)c2sc3ccccc3c2Cl)nc(Nc2ccccc2)n1. The van der Waals surface area contributed by atoms with Gasteiger partial charge in [-0.2, -0.15) is 15.0 Å².